The minimum absolute atomic E-state index is 0.207. The topological polar surface area (TPSA) is 142 Å². The smallest absolute Gasteiger partial charge is 0.229 e. The molecule has 0 saturated carbocycles. The van der Waals surface area contributed by atoms with Gasteiger partial charge in [-0.25, -0.2) is 4.98 Å². The molecule has 5 atom stereocenters. The number of benzene rings is 2. The fourth-order valence-corrected chi connectivity index (χ4v) is 2.96. The molecule has 9 nitrogen and oxygen atoms in total. The lowest BCUT2D eigenvalue weighted by molar-refractivity contribution is -0.277. The third-order valence-corrected chi connectivity index (χ3v) is 4.42. The lowest BCUT2D eigenvalue weighted by atomic mass is 9.99. The summed E-state index contributed by atoms with van der Waals surface area (Å²) in [6.45, 7) is -0.550. The number of ether oxygens (including phenoxy) is 2. The van der Waals surface area contributed by atoms with Crippen LogP contribution in [0, 0.1) is 0 Å². The second-order valence-electron chi connectivity index (χ2n) is 6.29. The first-order chi connectivity index (χ1) is 13.0. The largest absolute Gasteiger partial charge is 0.462 e. The van der Waals surface area contributed by atoms with E-state index in [2.05, 4.69) is 4.98 Å². The number of aromatic nitrogens is 1. The van der Waals surface area contributed by atoms with Crippen molar-refractivity contribution >= 4 is 11.1 Å². The maximum Gasteiger partial charge on any atom is 0.229 e. The summed E-state index contributed by atoms with van der Waals surface area (Å²) in [4.78, 5) is 15.9. The second kappa shape index (κ2) is 6.87. The van der Waals surface area contributed by atoms with E-state index in [-0.39, 0.29) is 11.2 Å². The highest BCUT2D eigenvalue weighted by Crippen LogP contribution is 2.29. The van der Waals surface area contributed by atoms with E-state index in [9.17, 15) is 25.2 Å². The summed E-state index contributed by atoms with van der Waals surface area (Å²) < 4.78 is 16.6. The third kappa shape index (κ3) is 3.27. The summed E-state index contributed by atoms with van der Waals surface area (Å²) in [5, 5.41) is 38.9. The maximum atomic E-state index is 11.5. The lowest BCUT2D eigenvalue weighted by Gasteiger charge is -2.39. The molecule has 0 amide bonds. The lowest BCUT2D eigenvalue weighted by Crippen LogP contribution is -2.60. The molecule has 3 aliphatic rings. The molecule has 1 aromatic rings. The molecule has 1 fully saturated rings. The zero-order chi connectivity index (χ0) is 19.1. The van der Waals surface area contributed by atoms with Gasteiger partial charge in [-0.2, -0.15) is 0 Å². The van der Waals surface area contributed by atoms with Crippen molar-refractivity contribution in [1.82, 2.24) is 4.98 Å². The van der Waals surface area contributed by atoms with Crippen LogP contribution in [0.1, 0.15) is 0 Å². The second-order valence-corrected chi connectivity index (χ2v) is 6.29. The Bertz CT molecular complexity index is 987. The summed E-state index contributed by atoms with van der Waals surface area (Å²) in [5.41, 5.74) is 1.20. The van der Waals surface area contributed by atoms with Crippen LogP contribution < -0.4 is 10.2 Å². The van der Waals surface area contributed by atoms with E-state index in [0.29, 0.717) is 22.6 Å². The zero-order valence-electron chi connectivity index (χ0n) is 13.9. The summed E-state index contributed by atoms with van der Waals surface area (Å²) in [7, 11) is 0. The fourth-order valence-electron chi connectivity index (χ4n) is 2.96. The molecule has 1 aromatic carbocycles. The summed E-state index contributed by atoms with van der Waals surface area (Å²) in [6.07, 6.45) is -6.90. The van der Waals surface area contributed by atoms with Gasteiger partial charge in [-0.1, -0.05) is 0 Å². The van der Waals surface area contributed by atoms with Crippen LogP contribution in [-0.2, 0) is 4.74 Å². The quantitative estimate of drug-likeness (QED) is 0.444. The van der Waals surface area contributed by atoms with Gasteiger partial charge >= 0.3 is 0 Å². The average molecular weight is 375 g/mol. The van der Waals surface area contributed by atoms with Gasteiger partial charge < -0.3 is 34.3 Å². The number of rotatable bonds is 3. The molecule has 0 bridgehead atoms. The van der Waals surface area contributed by atoms with Crippen molar-refractivity contribution in [3.8, 4) is 17.2 Å². The van der Waals surface area contributed by atoms with Crippen LogP contribution in [0.2, 0.25) is 0 Å². The predicted octanol–water partition coefficient (Wildman–Crippen LogP) is -0.529. The molecule has 27 heavy (non-hydrogen) atoms. The van der Waals surface area contributed by atoms with E-state index in [0.717, 1.165) is 0 Å². The normalized spacial score (nSPS) is 28.5. The van der Waals surface area contributed by atoms with E-state index < -0.39 is 37.3 Å². The van der Waals surface area contributed by atoms with E-state index >= 15 is 0 Å². The highest BCUT2D eigenvalue weighted by atomic mass is 16.7. The summed E-state index contributed by atoms with van der Waals surface area (Å²) in [5.74, 6) is 0.565. The first-order valence-electron chi connectivity index (χ1n) is 8.28. The molecule has 0 spiro atoms. The Morgan fingerprint density at radius 2 is 1.85 bits per heavy atom. The number of hydrogen-bond acceptors (Lipinski definition) is 9. The van der Waals surface area contributed by atoms with Crippen molar-refractivity contribution < 1.29 is 34.3 Å². The first-order valence-corrected chi connectivity index (χ1v) is 8.28. The Morgan fingerprint density at radius 1 is 1.04 bits per heavy atom. The summed E-state index contributed by atoms with van der Waals surface area (Å²) in [6, 6.07) is 8.99. The van der Waals surface area contributed by atoms with Gasteiger partial charge in [0.05, 0.1) is 6.61 Å². The van der Waals surface area contributed by atoms with Crippen molar-refractivity contribution in [2.45, 2.75) is 30.7 Å². The molecular formula is C18H17NO8. The van der Waals surface area contributed by atoms with Crippen LogP contribution in [0.3, 0.4) is 0 Å². The standard InChI is InChI=1S/C18H17NO8/c20-7-14-15(22)16(23)17(24)18(27-14)25-9-2-4-11-13(6-9)26-12-5-8(21)1-3-10(12)19-11/h1-6,14-18,20,22-24H,7H2/t14-,15+,16+,17-,18+/m1/s1. The Labute approximate surface area is 152 Å². The van der Waals surface area contributed by atoms with Crippen molar-refractivity contribution in [3.05, 3.63) is 46.6 Å². The number of fused-ring (bicyclic) bond motifs is 2. The van der Waals surface area contributed by atoms with Gasteiger partial charge in [-0.05, 0) is 24.3 Å². The fraction of sp³-hybridized carbons (Fsp3) is 0.333. The van der Waals surface area contributed by atoms with Crippen LogP contribution in [0.5, 0.6) is 5.75 Å². The van der Waals surface area contributed by atoms with Crippen molar-refractivity contribution in [3.63, 3.8) is 0 Å². The van der Waals surface area contributed by atoms with Crippen molar-refractivity contribution in [2.24, 2.45) is 0 Å². The summed E-state index contributed by atoms with van der Waals surface area (Å²) >= 11 is 0. The molecule has 0 radical (unpaired) electrons. The Morgan fingerprint density at radius 3 is 2.63 bits per heavy atom. The highest BCUT2D eigenvalue weighted by molar-refractivity contribution is 5.77. The average Bonchev–Trinajstić information content (AvgIpc) is 2.66. The Kier molecular flexibility index (Phi) is 4.54. The van der Waals surface area contributed by atoms with E-state index in [1.54, 1.807) is 18.2 Å². The molecule has 0 unspecified atom stereocenters. The minimum atomic E-state index is -1.54. The zero-order valence-corrected chi connectivity index (χ0v) is 13.9. The van der Waals surface area contributed by atoms with Crippen molar-refractivity contribution in [2.75, 3.05) is 6.61 Å². The van der Waals surface area contributed by atoms with E-state index in [1.165, 1.54) is 18.2 Å². The molecule has 2 heterocycles. The highest BCUT2D eigenvalue weighted by Gasteiger charge is 2.44. The van der Waals surface area contributed by atoms with E-state index in [4.69, 9.17) is 13.9 Å². The molecule has 4 N–H and O–H groups in total. The molecule has 2 aliphatic heterocycles. The van der Waals surface area contributed by atoms with E-state index in [1.807, 2.05) is 0 Å². The molecule has 1 aliphatic carbocycles. The van der Waals surface area contributed by atoms with Gasteiger partial charge in [-0.15, -0.1) is 0 Å². The van der Waals surface area contributed by atoms with Gasteiger partial charge in [0, 0.05) is 12.1 Å². The Hall–Kier alpha value is -2.56. The van der Waals surface area contributed by atoms with Gasteiger partial charge in [0.2, 0.25) is 6.29 Å². The van der Waals surface area contributed by atoms with Crippen LogP contribution in [-0.4, -0.2) is 62.7 Å². The number of aliphatic hydroxyl groups is 4. The predicted molar refractivity (Wildman–Crippen MR) is 91.3 cm³/mol. The van der Waals surface area contributed by atoms with Gasteiger partial charge in [0.25, 0.3) is 0 Å². The van der Waals surface area contributed by atoms with Crippen LogP contribution in [0.4, 0.5) is 0 Å². The monoisotopic (exact) mass is 375 g/mol. The Balaban J connectivity index is 1.65. The van der Waals surface area contributed by atoms with Crippen LogP contribution in [0.25, 0.3) is 22.6 Å². The minimum Gasteiger partial charge on any atom is -0.462 e. The van der Waals surface area contributed by atoms with Crippen LogP contribution in [0.15, 0.2) is 45.6 Å². The molecule has 142 valence electrons. The molecule has 4 rings (SSSR count). The maximum absolute atomic E-state index is 11.5. The third-order valence-electron chi connectivity index (χ3n) is 4.42. The number of hydrogen-bond donors (Lipinski definition) is 4. The number of nitrogens with zero attached hydrogens (tertiary/aromatic N) is 1. The molecule has 1 saturated heterocycles. The van der Waals surface area contributed by atoms with Gasteiger partial charge in [0.15, 0.2) is 16.8 Å². The molecular weight excluding hydrogens is 358 g/mol. The van der Waals surface area contributed by atoms with Crippen LogP contribution >= 0.6 is 0 Å². The molecule has 0 aromatic heterocycles. The first kappa shape index (κ1) is 17.8. The molecule has 9 heteroatoms. The van der Waals surface area contributed by atoms with Crippen molar-refractivity contribution in [1.29, 1.82) is 0 Å². The number of aliphatic hydroxyl groups excluding tert-OH is 4. The SMILES string of the molecule is O=c1ccc2nc3ccc(O[C@H]4O[C@H](CO)[C@H](O)[C@H](O)[C@H]4O)cc3oc-2c1. The van der Waals surface area contributed by atoms with Gasteiger partial charge in [0.1, 0.15) is 41.4 Å². The van der Waals surface area contributed by atoms with Gasteiger partial charge in [-0.3, -0.25) is 4.79 Å².